The summed E-state index contributed by atoms with van der Waals surface area (Å²) in [6.45, 7) is 4.73. The van der Waals surface area contributed by atoms with Gasteiger partial charge in [0.05, 0.1) is 12.8 Å². The van der Waals surface area contributed by atoms with Gasteiger partial charge in [-0.3, -0.25) is 0 Å². The number of carbonyl (C=O) groups is 1. The standard InChI is InChI=1S/C16H20N2O2/c1-12(2)13-6-8-14(9-7-13)17-16(19)18(3)11-15-5-4-10-20-15/h4-10,12H,11H2,1-3H3,(H,17,19). The minimum absolute atomic E-state index is 0.154. The van der Waals surface area contributed by atoms with Gasteiger partial charge in [0.15, 0.2) is 0 Å². The molecule has 106 valence electrons. The molecule has 0 aliphatic heterocycles. The number of carbonyl (C=O) groups excluding carboxylic acids is 1. The minimum atomic E-state index is -0.154. The van der Waals surface area contributed by atoms with Crippen LogP contribution >= 0.6 is 0 Å². The van der Waals surface area contributed by atoms with Gasteiger partial charge in [-0.15, -0.1) is 0 Å². The molecule has 4 heteroatoms. The van der Waals surface area contributed by atoms with Crippen molar-refractivity contribution < 1.29 is 9.21 Å². The number of anilines is 1. The van der Waals surface area contributed by atoms with Crippen molar-refractivity contribution in [2.45, 2.75) is 26.3 Å². The van der Waals surface area contributed by atoms with Crippen LogP contribution in [-0.4, -0.2) is 18.0 Å². The monoisotopic (exact) mass is 272 g/mol. The largest absolute Gasteiger partial charge is 0.467 e. The van der Waals surface area contributed by atoms with Gasteiger partial charge in [0, 0.05) is 12.7 Å². The van der Waals surface area contributed by atoms with Crippen molar-refractivity contribution in [3.63, 3.8) is 0 Å². The molecule has 0 saturated carbocycles. The average molecular weight is 272 g/mol. The third-order valence-corrected chi connectivity index (χ3v) is 3.15. The maximum atomic E-state index is 12.0. The van der Waals surface area contributed by atoms with Crippen LogP contribution in [0.25, 0.3) is 0 Å². The van der Waals surface area contributed by atoms with E-state index >= 15 is 0 Å². The molecule has 2 amide bonds. The summed E-state index contributed by atoms with van der Waals surface area (Å²) < 4.78 is 5.22. The number of rotatable bonds is 4. The lowest BCUT2D eigenvalue weighted by Crippen LogP contribution is -2.30. The quantitative estimate of drug-likeness (QED) is 0.912. The van der Waals surface area contributed by atoms with Gasteiger partial charge in [-0.05, 0) is 35.7 Å². The summed E-state index contributed by atoms with van der Waals surface area (Å²) in [4.78, 5) is 13.6. The Balaban J connectivity index is 1.93. The van der Waals surface area contributed by atoms with Crippen LogP contribution < -0.4 is 5.32 Å². The van der Waals surface area contributed by atoms with E-state index in [1.807, 2.05) is 36.4 Å². The molecule has 0 unspecified atom stereocenters. The zero-order valence-corrected chi connectivity index (χ0v) is 12.1. The first kappa shape index (κ1) is 14.2. The number of benzene rings is 1. The van der Waals surface area contributed by atoms with E-state index in [0.29, 0.717) is 12.5 Å². The summed E-state index contributed by atoms with van der Waals surface area (Å²) in [6.07, 6.45) is 1.60. The summed E-state index contributed by atoms with van der Waals surface area (Å²) in [5, 5.41) is 2.87. The number of nitrogens with one attached hydrogen (secondary N) is 1. The second kappa shape index (κ2) is 6.28. The number of hydrogen-bond donors (Lipinski definition) is 1. The molecule has 0 atom stereocenters. The van der Waals surface area contributed by atoms with E-state index in [-0.39, 0.29) is 6.03 Å². The molecule has 2 aromatic rings. The molecular weight excluding hydrogens is 252 g/mol. The van der Waals surface area contributed by atoms with Crippen molar-refractivity contribution in [3.8, 4) is 0 Å². The van der Waals surface area contributed by atoms with Gasteiger partial charge in [-0.2, -0.15) is 0 Å². The number of amides is 2. The number of nitrogens with zero attached hydrogens (tertiary/aromatic N) is 1. The molecule has 4 nitrogen and oxygen atoms in total. The van der Waals surface area contributed by atoms with Crippen LogP contribution in [0.2, 0.25) is 0 Å². The van der Waals surface area contributed by atoms with Crippen molar-refractivity contribution >= 4 is 11.7 Å². The molecule has 0 saturated heterocycles. The van der Waals surface area contributed by atoms with Crippen LogP contribution in [0, 0.1) is 0 Å². The Bertz CT molecular complexity index is 544. The Hall–Kier alpha value is -2.23. The zero-order valence-electron chi connectivity index (χ0n) is 12.1. The second-order valence-electron chi connectivity index (χ2n) is 5.14. The molecular formula is C16H20N2O2. The molecule has 0 spiro atoms. The van der Waals surface area contributed by atoms with Crippen molar-refractivity contribution in [3.05, 3.63) is 54.0 Å². The third kappa shape index (κ3) is 3.63. The molecule has 1 N–H and O–H groups in total. The van der Waals surface area contributed by atoms with Crippen LogP contribution in [0.15, 0.2) is 47.1 Å². The van der Waals surface area contributed by atoms with E-state index < -0.39 is 0 Å². The summed E-state index contributed by atoms with van der Waals surface area (Å²) in [5.74, 6) is 1.25. The molecule has 0 aliphatic rings. The van der Waals surface area contributed by atoms with Gasteiger partial charge in [0.2, 0.25) is 0 Å². The van der Waals surface area contributed by atoms with Gasteiger partial charge in [-0.25, -0.2) is 4.79 Å². The van der Waals surface area contributed by atoms with Crippen molar-refractivity contribution in [2.24, 2.45) is 0 Å². The zero-order chi connectivity index (χ0) is 14.5. The Kier molecular flexibility index (Phi) is 4.45. The summed E-state index contributed by atoms with van der Waals surface area (Å²) in [5.41, 5.74) is 2.05. The Morgan fingerprint density at radius 3 is 2.50 bits per heavy atom. The predicted octanol–water partition coefficient (Wildman–Crippen LogP) is 4.07. The molecule has 0 radical (unpaired) electrons. The number of hydrogen-bond acceptors (Lipinski definition) is 2. The molecule has 2 rings (SSSR count). The lowest BCUT2D eigenvalue weighted by Gasteiger charge is -2.17. The lowest BCUT2D eigenvalue weighted by atomic mass is 10.0. The molecule has 0 bridgehead atoms. The van der Waals surface area contributed by atoms with E-state index in [1.165, 1.54) is 5.56 Å². The fourth-order valence-corrected chi connectivity index (χ4v) is 1.88. The van der Waals surface area contributed by atoms with Crippen LogP contribution in [-0.2, 0) is 6.54 Å². The van der Waals surface area contributed by atoms with Gasteiger partial charge in [-0.1, -0.05) is 26.0 Å². The summed E-state index contributed by atoms with van der Waals surface area (Å²) in [6, 6.07) is 11.4. The summed E-state index contributed by atoms with van der Waals surface area (Å²) >= 11 is 0. The molecule has 0 aliphatic carbocycles. The van der Waals surface area contributed by atoms with Gasteiger partial charge in [0.25, 0.3) is 0 Å². The summed E-state index contributed by atoms with van der Waals surface area (Å²) in [7, 11) is 1.74. The fourth-order valence-electron chi connectivity index (χ4n) is 1.88. The predicted molar refractivity (Wildman–Crippen MR) is 79.7 cm³/mol. The van der Waals surface area contributed by atoms with E-state index in [0.717, 1.165) is 11.4 Å². The highest BCUT2D eigenvalue weighted by Gasteiger charge is 2.10. The first-order valence-corrected chi connectivity index (χ1v) is 6.70. The lowest BCUT2D eigenvalue weighted by molar-refractivity contribution is 0.217. The first-order valence-electron chi connectivity index (χ1n) is 6.70. The second-order valence-corrected chi connectivity index (χ2v) is 5.14. The van der Waals surface area contributed by atoms with Crippen LogP contribution in [0.4, 0.5) is 10.5 Å². The van der Waals surface area contributed by atoms with E-state index in [4.69, 9.17) is 4.42 Å². The third-order valence-electron chi connectivity index (χ3n) is 3.15. The highest BCUT2D eigenvalue weighted by molar-refractivity contribution is 5.89. The van der Waals surface area contributed by atoms with Crippen molar-refractivity contribution in [1.29, 1.82) is 0 Å². The van der Waals surface area contributed by atoms with Crippen molar-refractivity contribution in [2.75, 3.05) is 12.4 Å². The van der Waals surface area contributed by atoms with Crippen LogP contribution in [0.1, 0.15) is 31.1 Å². The molecule has 0 fully saturated rings. The topological polar surface area (TPSA) is 45.5 Å². The average Bonchev–Trinajstić information content (AvgIpc) is 2.92. The maximum Gasteiger partial charge on any atom is 0.321 e. The van der Waals surface area contributed by atoms with E-state index in [2.05, 4.69) is 19.2 Å². The first-order chi connectivity index (χ1) is 9.56. The maximum absolute atomic E-state index is 12.0. The highest BCUT2D eigenvalue weighted by Crippen LogP contribution is 2.17. The van der Waals surface area contributed by atoms with Gasteiger partial charge < -0.3 is 14.6 Å². The number of urea groups is 1. The van der Waals surface area contributed by atoms with Gasteiger partial charge in [0.1, 0.15) is 5.76 Å². The van der Waals surface area contributed by atoms with E-state index in [1.54, 1.807) is 18.2 Å². The molecule has 20 heavy (non-hydrogen) atoms. The Morgan fingerprint density at radius 1 is 1.25 bits per heavy atom. The van der Waals surface area contributed by atoms with Crippen LogP contribution in [0.5, 0.6) is 0 Å². The number of furan rings is 1. The fraction of sp³-hybridized carbons (Fsp3) is 0.312. The highest BCUT2D eigenvalue weighted by atomic mass is 16.3. The molecule has 1 aromatic heterocycles. The Labute approximate surface area is 119 Å². The normalized spacial score (nSPS) is 10.6. The molecule has 1 aromatic carbocycles. The SMILES string of the molecule is CC(C)c1ccc(NC(=O)N(C)Cc2ccco2)cc1. The minimum Gasteiger partial charge on any atom is -0.467 e. The smallest absolute Gasteiger partial charge is 0.321 e. The van der Waals surface area contributed by atoms with Crippen molar-refractivity contribution in [1.82, 2.24) is 4.90 Å². The van der Waals surface area contributed by atoms with E-state index in [9.17, 15) is 4.79 Å². The molecule has 1 heterocycles. The Morgan fingerprint density at radius 2 is 1.95 bits per heavy atom. The van der Waals surface area contributed by atoms with Crippen LogP contribution in [0.3, 0.4) is 0 Å². The van der Waals surface area contributed by atoms with Gasteiger partial charge >= 0.3 is 6.03 Å².